The minimum atomic E-state index is -0.436. The number of carbonyl (C=O) groups is 1. The van der Waals surface area contributed by atoms with Gasteiger partial charge in [0.05, 0.1) is 6.04 Å². The Morgan fingerprint density at radius 1 is 1.23 bits per heavy atom. The molecule has 0 unspecified atom stereocenters. The van der Waals surface area contributed by atoms with E-state index < -0.39 is 6.04 Å². The van der Waals surface area contributed by atoms with Crippen LogP contribution in [0, 0.1) is 5.92 Å². The minimum Gasteiger partial charge on any atom is -0.354 e. The summed E-state index contributed by atoms with van der Waals surface area (Å²) in [4.78, 5) is 21.1. The van der Waals surface area contributed by atoms with Crippen molar-refractivity contribution in [2.24, 2.45) is 11.7 Å². The highest BCUT2D eigenvalue weighted by atomic mass is 35.5. The van der Waals surface area contributed by atoms with Crippen molar-refractivity contribution < 1.29 is 4.79 Å². The number of nitrogens with zero attached hydrogens (tertiary/aromatic N) is 3. The summed E-state index contributed by atoms with van der Waals surface area (Å²) >= 11 is 0. The van der Waals surface area contributed by atoms with Crippen molar-refractivity contribution in [2.45, 2.75) is 32.9 Å². The molecule has 0 radical (unpaired) electrons. The molecule has 152 valence electrons. The monoisotopic (exact) mass is 427 g/mol. The van der Waals surface area contributed by atoms with Gasteiger partial charge in [0.15, 0.2) is 0 Å². The molecular formula is C17H32Cl3N5O. The lowest BCUT2D eigenvalue weighted by Crippen LogP contribution is -2.44. The van der Waals surface area contributed by atoms with E-state index in [2.05, 4.69) is 47.1 Å². The van der Waals surface area contributed by atoms with Crippen LogP contribution in [0.15, 0.2) is 18.3 Å². The fourth-order valence-corrected chi connectivity index (χ4v) is 2.71. The number of piperazine rings is 1. The quantitative estimate of drug-likeness (QED) is 0.725. The fourth-order valence-electron chi connectivity index (χ4n) is 2.71. The maximum Gasteiger partial charge on any atom is 0.237 e. The number of pyridine rings is 1. The molecule has 0 spiro atoms. The fraction of sp³-hybridized carbons (Fsp3) is 0.647. The van der Waals surface area contributed by atoms with Crippen LogP contribution in [-0.4, -0.2) is 55.1 Å². The number of nitrogens with one attached hydrogen (secondary N) is 1. The summed E-state index contributed by atoms with van der Waals surface area (Å²) in [6.45, 7) is 8.70. The van der Waals surface area contributed by atoms with Crippen LogP contribution in [0.2, 0.25) is 0 Å². The first kappa shape index (κ1) is 27.4. The number of hydrogen-bond acceptors (Lipinski definition) is 5. The Balaban J connectivity index is 0. The number of likely N-dealkylation sites (N-methyl/N-ethyl adjacent to an activating group) is 1. The molecule has 0 aromatic carbocycles. The third-order valence-corrected chi connectivity index (χ3v) is 4.17. The van der Waals surface area contributed by atoms with Gasteiger partial charge >= 0.3 is 0 Å². The van der Waals surface area contributed by atoms with Crippen LogP contribution in [0.5, 0.6) is 0 Å². The Morgan fingerprint density at radius 3 is 2.42 bits per heavy atom. The zero-order valence-electron chi connectivity index (χ0n) is 15.7. The van der Waals surface area contributed by atoms with Crippen molar-refractivity contribution in [1.82, 2.24) is 15.2 Å². The number of halogens is 3. The van der Waals surface area contributed by atoms with E-state index in [9.17, 15) is 4.79 Å². The predicted octanol–water partition coefficient (Wildman–Crippen LogP) is 2.09. The van der Waals surface area contributed by atoms with Crippen LogP contribution in [0.1, 0.15) is 25.8 Å². The lowest BCUT2D eigenvalue weighted by Gasteiger charge is -2.33. The molecule has 1 fully saturated rings. The second kappa shape index (κ2) is 13.4. The Kier molecular flexibility index (Phi) is 14.1. The van der Waals surface area contributed by atoms with Crippen LogP contribution < -0.4 is 16.0 Å². The van der Waals surface area contributed by atoms with Gasteiger partial charge in [0.1, 0.15) is 5.82 Å². The van der Waals surface area contributed by atoms with Crippen molar-refractivity contribution in [2.75, 3.05) is 38.1 Å². The van der Waals surface area contributed by atoms with E-state index in [1.54, 1.807) is 0 Å². The van der Waals surface area contributed by atoms with Crippen molar-refractivity contribution in [3.8, 4) is 0 Å². The van der Waals surface area contributed by atoms with Crippen LogP contribution in [0.4, 0.5) is 5.82 Å². The van der Waals surface area contributed by atoms with Gasteiger partial charge < -0.3 is 20.9 Å². The van der Waals surface area contributed by atoms with Gasteiger partial charge in [-0.1, -0.05) is 13.8 Å². The minimum absolute atomic E-state index is 0. The molecule has 0 saturated carbocycles. The van der Waals surface area contributed by atoms with E-state index in [4.69, 9.17) is 5.73 Å². The Hall–Kier alpha value is -0.790. The van der Waals surface area contributed by atoms with Crippen LogP contribution >= 0.6 is 37.2 Å². The van der Waals surface area contributed by atoms with E-state index in [-0.39, 0.29) is 43.1 Å². The topological polar surface area (TPSA) is 74.5 Å². The lowest BCUT2D eigenvalue weighted by atomic mass is 10.0. The third kappa shape index (κ3) is 8.73. The zero-order chi connectivity index (χ0) is 16.8. The van der Waals surface area contributed by atoms with Gasteiger partial charge in [0.2, 0.25) is 5.91 Å². The molecule has 0 aliphatic carbocycles. The maximum absolute atomic E-state index is 12.0. The zero-order valence-corrected chi connectivity index (χ0v) is 18.1. The SMILES string of the molecule is CC(C)C[C@H](N)C(=O)NCc1ccnc(N2CCN(C)CC2)c1.Cl.Cl.Cl. The smallest absolute Gasteiger partial charge is 0.237 e. The van der Waals surface area contributed by atoms with Gasteiger partial charge in [0, 0.05) is 38.9 Å². The van der Waals surface area contributed by atoms with Gasteiger partial charge in [-0.2, -0.15) is 0 Å². The van der Waals surface area contributed by atoms with Crippen LogP contribution in [-0.2, 0) is 11.3 Å². The van der Waals surface area contributed by atoms with Gasteiger partial charge in [-0.25, -0.2) is 4.98 Å². The summed E-state index contributed by atoms with van der Waals surface area (Å²) in [6, 6.07) is 3.56. The second-order valence-corrected chi connectivity index (χ2v) is 6.77. The summed E-state index contributed by atoms with van der Waals surface area (Å²) in [7, 11) is 2.14. The highest BCUT2D eigenvalue weighted by molar-refractivity contribution is 5.86. The molecule has 2 rings (SSSR count). The highest BCUT2D eigenvalue weighted by Crippen LogP contribution is 2.14. The molecule has 1 aliphatic heterocycles. The molecule has 3 N–H and O–H groups in total. The third-order valence-electron chi connectivity index (χ3n) is 4.17. The van der Waals surface area contributed by atoms with Crippen molar-refractivity contribution in [1.29, 1.82) is 0 Å². The molecule has 1 saturated heterocycles. The highest BCUT2D eigenvalue weighted by Gasteiger charge is 2.17. The van der Waals surface area contributed by atoms with Gasteiger partial charge in [0.25, 0.3) is 0 Å². The van der Waals surface area contributed by atoms with E-state index >= 15 is 0 Å². The van der Waals surface area contributed by atoms with Gasteiger partial charge in [-0.15, -0.1) is 37.2 Å². The first-order valence-corrected chi connectivity index (χ1v) is 8.37. The molecule has 1 aromatic heterocycles. The lowest BCUT2D eigenvalue weighted by molar-refractivity contribution is -0.122. The predicted molar refractivity (Wildman–Crippen MR) is 115 cm³/mol. The Bertz CT molecular complexity index is 525. The van der Waals surface area contributed by atoms with Crippen LogP contribution in [0.3, 0.4) is 0 Å². The number of amides is 1. The van der Waals surface area contributed by atoms with Crippen LogP contribution in [0.25, 0.3) is 0 Å². The second-order valence-electron chi connectivity index (χ2n) is 6.77. The molecule has 26 heavy (non-hydrogen) atoms. The Morgan fingerprint density at radius 2 is 1.85 bits per heavy atom. The van der Waals surface area contributed by atoms with Crippen molar-refractivity contribution in [3.63, 3.8) is 0 Å². The molecule has 9 heteroatoms. The number of anilines is 1. The number of rotatable bonds is 6. The largest absolute Gasteiger partial charge is 0.354 e. The van der Waals surface area contributed by atoms with E-state index in [1.165, 1.54) is 0 Å². The average molecular weight is 429 g/mol. The maximum atomic E-state index is 12.0. The van der Waals surface area contributed by atoms with E-state index in [0.29, 0.717) is 18.9 Å². The van der Waals surface area contributed by atoms with Crippen molar-refractivity contribution >= 4 is 48.9 Å². The molecule has 2 heterocycles. The first-order chi connectivity index (χ1) is 11.0. The molecule has 1 aromatic rings. The summed E-state index contributed by atoms with van der Waals surface area (Å²) in [5, 5.41) is 2.92. The summed E-state index contributed by atoms with van der Waals surface area (Å²) in [6.07, 6.45) is 2.51. The number of nitrogens with two attached hydrogens (primary N) is 1. The summed E-state index contributed by atoms with van der Waals surface area (Å²) in [5.74, 6) is 1.31. The summed E-state index contributed by atoms with van der Waals surface area (Å²) < 4.78 is 0. The van der Waals surface area contributed by atoms with E-state index in [1.807, 2.05) is 12.3 Å². The standard InChI is InChI=1S/C17H29N5O.3ClH/c1-13(2)10-15(18)17(23)20-12-14-4-5-19-16(11-14)22-8-6-21(3)7-9-22;;;/h4-5,11,13,15H,6-10,12,18H2,1-3H3,(H,20,23);3*1H/t15-;;;/m0.../s1. The van der Waals surface area contributed by atoms with Gasteiger partial charge in [-0.05, 0) is 37.1 Å². The molecule has 6 nitrogen and oxygen atoms in total. The van der Waals surface area contributed by atoms with Gasteiger partial charge in [-0.3, -0.25) is 4.79 Å². The molecular weight excluding hydrogens is 397 g/mol. The normalized spacial score (nSPS) is 15.3. The average Bonchev–Trinajstić information content (AvgIpc) is 2.53. The number of carbonyl (C=O) groups excluding carboxylic acids is 1. The molecule has 1 aliphatic rings. The number of hydrogen-bond donors (Lipinski definition) is 2. The first-order valence-electron chi connectivity index (χ1n) is 8.37. The molecule has 0 bridgehead atoms. The molecule has 1 atom stereocenters. The van der Waals surface area contributed by atoms with E-state index in [0.717, 1.165) is 37.6 Å². The summed E-state index contributed by atoms with van der Waals surface area (Å²) in [5.41, 5.74) is 6.96. The number of aromatic nitrogens is 1. The Labute approximate surface area is 175 Å². The molecule has 1 amide bonds. The van der Waals surface area contributed by atoms with Crippen molar-refractivity contribution in [3.05, 3.63) is 23.9 Å².